The number of hydrogen-bond donors (Lipinski definition) is 1. The predicted molar refractivity (Wildman–Crippen MR) is 106 cm³/mol. The Morgan fingerprint density at radius 1 is 1.14 bits per heavy atom. The van der Waals surface area contributed by atoms with Gasteiger partial charge in [0.15, 0.2) is 0 Å². The van der Waals surface area contributed by atoms with Gasteiger partial charge >= 0.3 is 0 Å². The number of benzene rings is 2. The normalized spacial score (nSPS) is 11.7. The van der Waals surface area contributed by atoms with Gasteiger partial charge in [-0.1, -0.05) is 35.5 Å². The molecule has 7 nitrogen and oxygen atoms in total. The fourth-order valence-corrected chi connectivity index (χ4v) is 4.02. The second-order valence-corrected chi connectivity index (χ2v) is 8.48. The first kappa shape index (κ1) is 20.0. The minimum atomic E-state index is -3.68. The molecule has 0 unspecified atom stereocenters. The first-order valence-electron chi connectivity index (χ1n) is 8.92. The molecule has 1 N–H and O–H groups in total. The van der Waals surface area contributed by atoms with Gasteiger partial charge < -0.3 is 9.42 Å². The van der Waals surface area contributed by atoms with Crippen LogP contribution in [0, 0.1) is 13.8 Å². The van der Waals surface area contributed by atoms with Crippen molar-refractivity contribution in [2.24, 2.45) is 0 Å². The molecule has 0 saturated heterocycles. The van der Waals surface area contributed by atoms with Crippen LogP contribution in [0.3, 0.4) is 0 Å². The topological polar surface area (TPSA) is 92.5 Å². The lowest BCUT2D eigenvalue weighted by Gasteiger charge is -2.17. The summed E-state index contributed by atoms with van der Waals surface area (Å²) < 4.78 is 32.6. The molecule has 0 aliphatic carbocycles. The molecule has 2 aromatic carbocycles. The molecule has 3 aromatic rings. The molecule has 0 radical (unpaired) electrons. The number of fused-ring (bicyclic) bond motifs is 1. The first-order chi connectivity index (χ1) is 13.3. The van der Waals surface area contributed by atoms with E-state index >= 15 is 0 Å². The Bertz CT molecular complexity index is 1090. The number of sulfonamides is 1. The highest BCUT2D eigenvalue weighted by Gasteiger charge is 2.18. The molecular weight excluding hydrogens is 378 g/mol. The van der Waals surface area contributed by atoms with Crippen molar-refractivity contribution in [1.29, 1.82) is 0 Å². The molecule has 0 aliphatic heterocycles. The summed E-state index contributed by atoms with van der Waals surface area (Å²) in [6.07, 6.45) is 0.0622. The van der Waals surface area contributed by atoms with E-state index in [1.807, 2.05) is 31.2 Å². The third kappa shape index (κ3) is 4.40. The van der Waals surface area contributed by atoms with Crippen LogP contribution in [0.1, 0.15) is 23.4 Å². The first-order valence-corrected chi connectivity index (χ1v) is 10.4. The monoisotopic (exact) mass is 401 g/mol. The highest BCUT2D eigenvalue weighted by atomic mass is 32.2. The van der Waals surface area contributed by atoms with Crippen LogP contribution in [0.5, 0.6) is 0 Å². The number of aryl methyl sites for hydroxylation is 2. The molecule has 0 fully saturated rings. The van der Waals surface area contributed by atoms with Gasteiger partial charge in [-0.15, -0.1) is 0 Å². The van der Waals surface area contributed by atoms with Crippen molar-refractivity contribution in [3.8, 4) is 0 Å². The number of nitrogens with zero attached hydrogens (tertiary/aromatic N) is 2. The van der Waals surface area contributed by atoms with Gasteiger partial charge in [-0.3, -0.25) is 4.79 Å². The van der Waals surface area contributed by atoms with E-state index in [2.05, 4.69) is 9.88 Å². The largest absolute Gasteiger partial charge is 0.361 e. The third-order valence-electron chi connectivity index (χ3n) is 4.66. The van der Waals surface area contributed by atoms with Crippen LogP contribution in [0.4, 0.5) is 0 Å². The number of amides is 1. The van der Waals surface area contributed by atoms with E-state index in [-0.39, 0.29) is 23.8 Å². The molecule has 0 atom stereocenters. The zero-order valence-corrected chi connectivity index (χ0v) is 16.9. The van der Waals surface area contributed by atoms with Crippen LogP contribution in [-0.4, -0.2) is 38.0 Å². The SMILES string of the molecule is Cc1noc(C)c1CN(C)C(=O)CCNS(=O)(=O)c1ccc2ccccc2c1. The molecule has 148 valence electrons. The maximum Gasteiger partial charge on any atom is 0.240 e. The fraction of sp³-hybridized carbons (Fsp3) is 0.300. The second kappa shape index (κ2) is 8.12. The maximum atomic E-state index is 12.5. The van der Waals surface area contributed by atoms with Crippen molar-refractivity contribution in [3.63, 3.8) is 0 Å². The Morgan fingerprint density at radius 2 is 1.86 bits per heavy atom. The summed E-state index contributed by atoms with van der Waals surface area (Å²) in [4.78, 5) is 14.1. The van der Waals surface area contributed by atoms with E-state index in [1.54, 1.807) is 32.2 Å². The Labute approximate surface area is 164 Å². The summed E-state index contributed by atoms with van der Waals surface area (Å²) in [7, 11) is -2.01. The zero-order valence-electron chi connectivity index (χ0n) is 16.1. The van der Waals surface area contributed by atoms with Crippen molar-refractivity contribution >= 4 is 26.7 Å². The number of nitrogens with one attached hydrogen (secondary N) is 1. The molecular formula is C20H23N3O4S. The molecule has 28 heavy (non-hydrogen) atoms. The average molecular weight is 401 g/mol. The van der Waals surface area contributed by atoms with Gasteiger partial charge in [-0.2, -0.15) is 0 Å². The van der Waals surface area contributed by atoms with Crippen molar-refractivity contribution < 1.29 is 17.7 Å². The summed E-state index contributed by atoms with van der Waals surface area (Å²) in [5, 5.41) is 5.69. The molecule has 8 heteroatoms. The van der Waals surface area contributed by atoms with Gasteiger partial charge in [0.05, 0.1) is 17.1 Å². The quantitative estimate of drug-likeness (QED) is 0.657. The van der Waals surface area contributed by atoms with Crippen molar-refractivity contribution in [2.45, 2.75) is 31.7 Å². The molecule has 1 heterocycles. The van der Waals surface area contributed by atoms with Crippen molar-refractivity contribution in [1.82, 2.24) is 14.8 Å². The van der Waals surface area contributed by atoms with Gasteiger partial charge in [0.2, 0.25) is 15.9 Å². The fourth-order valence-electron chi connectivity index (χ4n) is 2.95. The number of hydrogen-bond acceptors (Lipinski definition) is 5. The second-order valence-electron chi connectivity index (χ2n) is 6.71. The van der Waals surface area contributed by atoms with Gasteiger partial charge in [-0.25, -0.2) is 13.1 Å². The molecule has 0 spiro atoms. The van der Waals surface area contributed by atoms with E-state index in [4.69, 9.17) is 4.52 Å². The summed E-state index contributed by atoms with van der Waals surface area (Å²) in [5.41, 5.74) is 1.61. The van der Waals surface area contributed by atoms with E-state index in [9.17, 15) is 13.2 Å². The minimum absolute atomic E-state index is 0.0277. The number of carbonyl (C=O) groups is 1. The van der Waals surface area contributed by atoms with Crippen LogP contribution in [0.15, 0.2) is 51.9 Å². The Kier molecular flexibility index (Phi) is 5.81. The van der Waals surface area contributed by atoms with E-state index < -0.39 is 10.0 Å². The van der Waals surface area contributed by atoms with Gasteiger partial charge in [-0.05, 0) is 36.8 Å². The van der Waals surface area contributed by atoms with Gasteiger partial charge in [0.1, 0.15) is 5.76 Å². The predicted octanol–water partition coefficient (Wildman–Crippen LogP) is 2.77. The smallest absolute Gasteiger partial charge is 0.240 e. The number of aromatic nitrogens is 1. The van der Waals surface area contributed by atoms with Gasteiger partial charge in [0.25, 0.3) is 0 Å². The molecule has 1 aromatic heterocycles. The molecule has 0 saturated carbocycles. The number of carbonyl (C=O) groups excluding carboxylic acids is 1. The highest BCUT2D eigenvalue weighted by Crippen LogP contribution is 2.19. The average Bonchev–Trinajstić information content (AvgIpc) is 2.99. The van der Waals surface area contributed by atoms with E-state index in [0.717, 1.165) is 22.0 Å². The lowest BCUT2D eigenvalue weighted by molar-refractivity contribution is -0.130. The van der Waals surface area contributed by atoms with Crippen LogP contribution in [0.25, 0.3) is 10.8 Å². The minimum Gasteiger partial charge on any atom is -0.361 e. The molecule has 0 aliphatic rings. The van der Waals surface area contributed by atoms with Crippen LogP contribution in [-0.2, 0) is 21.4 Å². The van der Waals surface area contributed by atoms with E-state index in [1.165, 1.54) is 4.90 Å². The number of rotatable bonds is 7. The Balaban J connectivity index is 1.59. The lowest BCUT2D eigenvalue weighted by atomic mass is 10.1. The van der Waals surface area contributed by atoms with Crippen molar-refractivity contribution in [2.75, 3.05) is 13.6 Å². The Morgan fingerprint density at radius 3 is 2.54 bits per heavy atom. The molecule has 0 bridgehead atoms. The lowest BCUT2D eigenvalue weighted by Crippen LogP contribution is -2.32. The standard InChI is InChI=1S/C20H23N3O4S/c1-14-19(15(2)27-22-14)13-23(3)20(24)10-11-21-28(25,26)18-9-8-16-6-4-5-7-17(16)12-18/h4-9,12,21H,10-11,13H2,1-3H3. The zero-order chi connectivity index (χ0) is 20.3. The van der Waals surface area contributed by atoms with Crippen LogP contribution in [0.2, 0.25) is 0 Å². The summed E-state index contributed by atoms with van der Waals surface area (Å²) >= 11 is 0. The van der Waals surface area contributed by atoms with Crippen LogP contribution < -0.4 is 4.72 Å². The summed E-state index contributed by atoms with van der Waals surface area (Å²) in [5.74, 6) is 0.510. The van der Waals surface area contributed by atoms with E-state index in [0.29, 0.717) is 12.3 Å². The molecule has 3 rings (SSSR count). The maximum absolute atomic E-state index is 12.5. The highest BCUT2D eigenvalue weighted by molar-refractivity contribution is 7.89. The summed E-state index contributed by atoms with van der Waals surface area (Å²) in [6.45, 7) is 4.02. The third-order valence-corrected chi connectivity index (χ3v) is 6.12. The molecule has 1 amide bonds. The van der Waals surface area contributed by atoms with Crippen LogP contribution >= 0.6 is 0 Å². The van der Waals surface area contributed by atoms with Gasteiger partial charge in [0, 0.05) is 25.6 Å². The Hall–Kier alpha value is -2.71. The van der Waals surface area contributed by atoms with Crippen molar-refractivity contribution in [3.05, 3.63) is 59.5 Å². The summed E-state index contributed by atoms with van der Waals surface area (Å²) in [6, 6.07) is 12.5.